The molecular weight excluding hydrogens is 511 g/mol. The van der Waals surface area contributed by atoms with Gasteiger partial charge in [-0.1, -0.05) is 0 Å². The van der Waals surface area contributed by atoms with Crippen molar-refractivity contribution in [2.24, 2.45) is 13.0 Å². The highest BCUT2D eigenvalue weighted by molar-refractivity contribution is 5.92. The van der Waals surface area contributed by atoms with Gasteiger partial charge in [-0.15, -0.1) is 0 Å². The highest BCUT2D eigenvalue weighted by atomic mass is 19.1. The molecule has 3 aliphatic heterocycles. The smallest absolute Gasteiger partial charge is 0.322 e. The maximum atomic E-state index is 13.8. The molecule has 1 atom stereocenters. The molecule has 0 bridgehead atoms. The molecule has 1 aromatic heterocycles. The fourth-order valence-corrected chi connectivity index (χ4v) is 7.17. The second kappa shape index (κ2) is 11.0. The first-order valence-electron chi connectivity index (χ1n) is 14.3. The Bertz CT molecular complexity index is 1360. The number of ether oxygens (including phenoxy) is 2. The van der Waals surface area contributed by atoms with Crippen LogP contribution in [-0.4, -0.2) is 78.6 Å². The number of aliphatic hydroxyl groups is 1. The maximum Gasteiger partial charge on any atom is 0.322 e. The van der Waals surface area contributed by atoms with E-state index in [0.29, 0.717) is 18.2 Å². The Labute approximate surface area is 234 Å². The molecule has 2 N–H and O–H groups in total. The van der Waals surface area contributed by atoms with E-state index in [1.54, 1.807) is 24.1 Å². The van der Waals surface area contributed by atoms with Gasteiger partial charge in [0.05, 0.1) is 25.3 Å². The number of nitrogens with one attached hydrogen (secondary N) is 1. The molecular formula is C31H39FN4O4. The van der Waals surface area contributed by atoms with Crippen LogP contribution in [0.1, 0.15) is 43.0 Å². The molecule has 1 spiro atoms. The van der Waals surface area contributed by atoms with E-state index in [1.165, 1.54) is 17.7 Å². The van der Waals surface area contributed by atoms with Gasteiger partial charge in [-0.3, -0.25) is 0 Å². The van der Waals surface area contributed by atoms with Crippen LogP contribution in [0.3, 0.4) is 0 Å². The van der Waals surface area contributed by atoms with Gasteiger partial charge in [0, 0.05) is 61.6 Å². The van der Waals surface area contributed by atoms with Gasteiger partial charge in [-0.05, 0) is 86.7 Å². The average molecular weight is 551 g/mol. The number of anilines is 1. The van der Waals surface area contributed by atoms with Crippen molar-refractivity contribution in [1.82, 2.24) is 14.4 Å². The van der Waals surface area contributed by atoms with Crippen molar-refractivity contribution in [1.29, 1.82) is 0 Å². The fourth-order valence-electron chi connectivity index (χ4n) is 7.17. The zero-order valence-corrected chi connectivity index (χ0v) is 23.4. The van der Waals surface area contributed by atoms with Crippen LogP contribution in [-0.2, 0) is 17.2 Å². The van der Waals surface area contributed by atoms with Crippen LogP contribution < -0.4 is 10.1 Å². The molecule has 6 rings (SSSR count). The summed E-state index contributed by atoms with van der Waals surface area (Å²) in [4.78, 5) is 18.1. The van der Waals surface area contributed by atoms with Crippen LogP contribution in [0.4, 0.5) is 14.9 Å². The van der Waals surface area contributed by atoms with Crippen LogP contribution in [0.15, 0.2) is 42.5 Å². The number of amides is 2. The molecule has 0 unspecified atom stereocenters. The van der Waals surface area contributed by atoms with Gasteiger partial charge in [0.25, 0.3) is 0 Å². The summed E-state index contributed by atoms with van der Waals surface area (Å²) < 4.78 is 26.7. The largest absolute Gasteiger partial charge is 0.497 e. The molecule has 3 aromatic rings. The predicted octanol–water partition coefficient (Wildman–Crippen LogP) is 4.67. The summed E-state index contributed by atoms with van der Waals surface area (Å²) in [5.41, 5.74) is 3.54. The van der Waals surface area contributed by atoms with E-state index in [-0.39, 0.29) is 23.9 Å². The first kappa shape index (κ1) is 27.1. The monoisotopic (exact) mass is 550 g/mol. The third kappa shape index (κ3) is 4.84. The second-order valence-corrected chi connectivity index (χ2v) is 11.6. The third-order valence-corrected chi connectivity index (χ3v) is 9.35. The van der Waals surface area contributed by atoms with Crippen LogP contribution >= 0.6 is 0 Å². The number of likely N-dealkylation sites (tertiary alicyclic amines) is 1. The van der Waals surface area contributed by atoms with Gasteiger partial charge >= 0.3 is 6.03 Å². The summed E-state index contributed by atoms with van der Waals surface area (Å²) in [6.07, 6.45) is 4.08. The zero-order chi connectivity index (χ0) is 27.9. The molecule has 2 aromatic carbocycles. The van der Waals surface area contributed by atoms with E-state index in [2.05, 4.69) is 20.9 Å². The first-order chi connectivity index (χ1) is 19.4. The van der Waals surface area contributed by atoms with Gasteiger partial charge in [0.15, 0.2) is 0 Å². The van der Waals surface area contributed by atoms with E-state index < -0.39 is 6.04 Å². The van der Waals surface area contributed by atoms with Gasteiger partial charge < -0.3 is 34.3 Å². The SMILES string of the molecule is COc1ccc2c3c(n(C)c2c1)[C@H](CO)N(C(=O)Nc1ccc(F)cc1)CC31CCN(CC2CCOCC2)CC1. The lowest BCUT2D eigenvalue weighted by Gasteiger charge is -2.50. The summed E-state index contributed by atoms with van der Waals surface area (Å²) in [5.74, 6) is 1.09. The highest BCUT2D eigenvalue weighted by Crippen LogP contribution is 2.50. The number of rotatable bonds is 5. The molecule has 2 amide bonds. The number of halogens is 1. The quantitative estimate of drug-likeness (QED) is 0.483. The molecule has 2 fully saturated rings. The summed E-state index contributed by atoms with van der Waals surface area (Å²) >= 11 is 0. The van der Waals surface area contributed by atoms with Gasteiger partial charge in [-0.2, -0.15) is 0 Å². The Hall–Kier alpha value is -3.14. The van der Waals surface area contributed by atoms with Crippen molar-refractivity contribution in [2.45, 2.75) is 37.1 Å². The molecule has 214 valence electrons. The van der Waals surface area contributed by atoms with Gasteiger partial charge in [0.2, 0.25) is 0 Å². The van der Waals surface area contributed by atoms with Crippen molar-refractivity contribution in [3.63, 3.8) is 0 Å². The van der Waals surface area contributed by atoms with E-state index in [1.807, 2.05) is 19.2 Å². The Morgan fingerprint density at radius 1 is 1.15 bits per heavy atom. The number of hydrogen-bond acceptors (Lipinski definition) is 5. The number of aryl methyl sites for hydroxylation is 1. The van der Waals surface area contributed by atoms with Gasteiger partial charge in [-0.25, -0.2) is 9.18 Å². The lowest BCUT2D eigenvalue weighted by atomic mass is 9.68. The van der Waals surface area contributed by atoms with Crippen LogP contribution in [0.5, 0.6) is 5.75 Å². The Morgan fingerprint density at radius 2 is 1.88 bits per heavy atom. The predicted molar refractivity (Wildman–Crippen MR) is 152 cm³/mol. The number of nitrogens with zero attached hydrogens (tertiary/aromatic N) is 3. The normalized spacial score (nSPS) is 21.5. The van der Waals surface area contributed by atoms with Crippen LogP contribution in [0.25, 0.3) is 10.9 Å². The minimum Gasteiger partial charge on any atom is -0.497 e. The number of aliphatic hydroxyl groups excluding tert-OH is 1. The Balaban J connectivity index is 1.37. The molecule has 0 aliphatic carbocycles. The van der Waals surface area contributed by atoms with E-state index in [9.17, 15) is 14.3 Å². The number of aromatic nitrogens is 1. The summed E-state index contributed by atoms with van der Waals surface area (Å²) in [6, 6.07) is 11.2. The molecule has 4 heterocycles. The number of carbonyl (C=O) groups is 1. The number of hydrogen-bond donors (Lipinski definition) is 2. The standard InChI is InChI=1S/C31H39FN4O4/c1-34-26-17-24(39-2)7-8-25(26)28-29(34)27(19-37)36(30(38)33-23-5-3-22(32)4-6-23)20-31(28)11-13-35(14-12-31)18-21-9-15-40-16-10-21/h3-8,17,21,27,37H,9-16,18-20H2,1-2H3,(H,33,38)/t27-/m0/s1. The molecule has 0 saturated carbocycles. The van der Waals surface area contributed by atoms with Crippen molar-refractivity contribution >= 4 is 22.6 Å². The van der Waals surface area contributed by atoms with E-state index >= 15 is 0 Å². The van der Waals surface area contributed by atoms with Crippen molar-refractivity contribution < 1.29 is 23.8 Å². The van der Waals surface area contributed by atoms with E-state index in [4.69, 9.17) is 9.47 Å². The lowest BCUT2D eigenvalue weighted by Crippen LogP contribution is -2.56. The molecule has 40 heavy (non-hydrogen) atoms. The number of methoxy groups -OCH3 is 1. The van der Waals surface area contributed by atoms with Crippen molar-refractivity contribution in [3.05, 3.63) is 59.5 Å². The molecule has 0 radical (unpaired) electrons. The molecule has 8 nitrogen and oxygen atoms in total. The van der Waals surface area contributed by atoms with Crippen LogP contribution in [0, 0.1) is 11.7 Å². The minimum atomic E-state index is -0.510. The molecule has 3 aliphatic rings. The second-order valence-electron chi connectivity index (χ2n) is 11.6. The number of urea groups is 1. The maximum absolute atomic E-state index is 13.8. The number of fused-ring (bicyclic) bond motifs is 4. The lowest BCUT2D eigenvalue weighted by molar-refractivity contribution is 0.0361. The fraction of sp³-hybridized carbons (Fsp3) is 0.516. The number of carbonyl (C=O) groups excluding carboxylic acids is 1. The van der Waals surface area contributed by atoms with Crippen LogP contribution in [0.2, 0.25) is 0 Å². The third-order valence-electron chi connectivity index (χ3n) is 9.35. The summed E-state index contributed by atoms with van der Waals surface area (Å²) in [5, 5.41) is 14.8. The first-order valence-corrected chi connectivity index (χ1v) is 14.3. The number of piperidine rings is 1. The Morgan fingerprint density at radius 3 is 2.55 bits per heavy atom. The van der Waals surface area contributed by atoms with Crippen molar-refractivity contribution in [2.75, 3.05) is 58.4 Å². The minimum absolute atomic E-state index is 0.197. The topological polar surface area (TPSA) is 79.2 Å². The summed E-state index contributed by atoms with van der Waals surface area (Å²) in [7, 11) is 3.68. The molecule has 9 heteroatoms. The molecule has 2 saturated heterocycles. The zero-order valence-electron chi connectivity index (χ0n) is 23.4. The summed E-state index contributed by atoms with van der Waals surface area (Å²) in [6.45, 7) is 5.03. The highest BCUT2D eigenvalue weighted by Gasteiger charge is 2.49. The number of benzene rings is 2. The average Bonchev–Trinajstić information content (AvgIpc) is 3.28. The van der Waals surface area contributed by atoms with Gasteiger partial charge in [0.1, 0.15) is 11.6 Å². The Kier molecular flexibility index (Phi) is 7.46. The van der Waals surface area contributed by atoms with E-state index in [0.717, 1.165) is 80.9 Å². The van der Waals surface area contributed by atoms with Crippen molar-refractivity contribution in [3.8, 4) is 5.75 Å².